The maximum Gasteiger partial charge on any atom is 0.224 e. The van der Waals surface area contributed by atoms with Crippen molar-refractivity contribution in [3.8, 4) is 0 Å². The van der Waals surface area contributed by atoms with E-state index >= 15 is 0 Å². The van der Waals surface area contributed by atoms with Crippen molar-refractivity contribution in [2.45, 2.75) is 19.8 Å². The Morgan fingerprint density at radius 1 is 1.69 bits per heavy atom. The summed E-state index contributed by atoms with van der Waals surface area (Å²) >= 11 is 0. The molecule has 0 saturated carbocycles. The van der Waals surface area contributed by atoms with Gasteiger partial charge in [0.15, 0.2) is 0 Å². The molecule has 1 rings (SSSR count). The number of nitrogens with one attached hydrogen (secondary N) is 1. The molecule has 0 bridgehead atoms. The summed E-state index contributed by atoms with van der Waals surface area (Å²) in [6.07, 6.45) is 3.34. The van der Waals surface area contributed by atoms with Gasteiger partial charge in [-0.25, -0.2) is 0 Å². The van der Waals surface area contributed by atoms with Gasteiger partial charge in [-0.05, 0) is 12.5 Å². The number of hydrogen-bond acceptors (Lipinski definition) is 3. The molecule has 0 fully saturated rings. The highest BCUT2D eigenvalue weighted by molar-refractivity contribution is 5.78. The fourth-order valence-electron chi connectivity index (χ4n) is 1.56. The number of hydrogen-bond donors (Lipinski definition) is 2. The van der Waals surface area contributed by atoms with Gasteiger partial charge in [-0.2, -0.15) is 5.10 Å². The third-order valence-corrected chi connectivity index (χ3v) is 2.75. The lowest BCUT2D eigenvalue weighted by molar-refractivity contribution is -0.124. The number of aryl methyl sites for hydroxylation is 1. The van der Waals surface area contributed by atoms with Gasteiger partial charge in [-0.15, -0.1) is 0 Å². The zero-order chi connectivity index (χ0) is 12.0. The highest BCUT2D eigenvalue weighted by Gasteiger charge is 2.13. The molecule has 0 saturated heterocycles. The summed E-state index contributed by atoms with van der Waals surface area (Å²) in [5.74, 6) is -0.0151. The number of aromatic nitrogens is 2. The van der Waals surface area contributed by atoms with E-state index in [0.717, 1.165) is 18.5 Å². The molecule has 0 aliphatic heterocycles. The fraction of sp³-hybridized carbons (Fsp3) is 0.636. The molecule has 1 unspecified atom stereocenters. The second-order valence-corrected chi connectivity index (χ2v) is 3.83. The monoisotopic (exact) mass is 224 g/mol. The van der Waals surface area contributed by atoms with E-state index in [-0.39, 0.29) is 11.8 Å². The smallest absolute Gasteiger partial charge is 0.224 e. The summed E-state index contributed by atoms with van der Waals surface area (Å²) in [4.78, 5) is 11.6. The predicted molar refractivity (Wildman–Crippen MR) is 62.8 cm³/mol. The standard InChI is InChI=1S/C11H20N4O/c1-3-9(8-12)11(16)13-6-4-10-5-7-14-15(10)2/h5,7,9H,3-4,6,8,12H2,1-2H3,(H,13,16). The van der Waals surface area contributed by atoms with Crippen LogP contribution in [0.4, 0.5) is 0 Å². The molecule has 5 heteroatoms. The van der Waals surface area contributed by atoms with Crippen molar-refractivity contribution >= 4 is 5.91 Å². The van der Waals surface area contributed by atoms with Crippen molar-refractivity contribution < 1.29 is 4.79 Å². The summed E-state index contributed by atoms with van der Waals surface area (Å²) in [7, 11) is 1.89. The van der Waals surface area contributed by atoms with E-state index in [1.54, 1.807) is 6.20 Å². The number of carbonyl (C=O) groups excluding carboxylic acids is 1. The van der Waals surface area contributed by atoms with Crippen LogP contribution in [0.5, 0.6) is 0 Å². The van der Waals surface area contributed by atoms with Crippen LogP contribution in [0.3, 0.4) is 0 Å². The zero-order valence-corrected chi connectivity index (χ0v) is 9.94. The van der Waals surface area contributed by atoms with Crippen LogP contribution >= 0.6 is 0 Å². The lowest BCUT2D eigenvalue weighted by Gasteiger charge is -2.12. The molecule has 1 amide bonds. The van der Waals surface area contributed by atoms with E-state index in [2.05, 4.69) is 10.4 Å². The Bertz CT molecular complexity index is 330. The van der Waals surface area contributed by atoms with Crippen LogP contribution < -0.4 is 11.1 Å². The fourth-order valence-corrected chi connectivity index (χ4v) is 1.56. The normalized spacial score (nSPS) is 12.4. The maximum absolute atomic E-state index is 11.6. The Hall–Kier alpha value is -1.36. The molecular formula is C11H20N4O. The predicted octanol–water partition coefficient (Wildman–Crippen LogP) is 0.0637. The largest absolute Gasteiger partial charge is 0.355 e. The first kappa shape index (κ1) is 12.7. The summed E-state index contributed by atoms with van der Waals surface area (Å²) < 4.78 is 1.81. The van der Waals surface area contributed by atoms with Gasteiger partial charge in [-0.3, -0.25) is 9.48 Å². The van der Waals surface area contributed by atoms with E-state index in [4.69, 9.17) is 5.73 Å². The summed E-state index contributed by atoms with van der Waals surface area (Å²) in [6.45, 7) is 3.02. The molecule has 1 aromatic rings. The Morgan fingerprint density at radius 3 is 2.94 bits per heavy atom. The highest BCUT2D eigenvalue weighted by atomic mass is 16.1. The molecule has 0 aliphatic carbocycles. The van der Waals surface area contributed by atoms with Gasteiger partial charge in [0.1, 0.15) is 0 Å². The van der Waals surface area contributed by atoms with E-state index in [1.807, 2.05) is 24.7 Å². The number of carbonyl (C=O) groups is 1. The van der Waals surface area contributed by atoms with E-state index in [9.17, 15) is 4.79 Å². The molecule has 1 atom stereocenters. The molecule has 90 valence electrons. The quantitative estimate of drug-likeness (QED) is 0.718. The molecular weight excluding hydrogens is 204 g/mol. The third kappa shape index (κ3) is 3.34. The van der Waals surface area contributed by atoms with Gasteiger partial charge in [-0.1, -0.05) is 6.92 Å². The number of nitrogens with zero attached hydrogens (tertiary/aromatic N) is 2. The molecule has 0 spiro atoms. The van der Waals surface area contributed by atoms with Crippen LogP contribution in [0.25, 0.3) is 0 Å². The molecule has 16 heavy (non-hydrogen) atoms. The van der Waals surface area contributed by atoms with Gasteiger partial charge < -0.3 is 11.1 Å². The highest BCUT2D eigenvalue weighted by Crippen LogP contribution is 2.00. The van der Waals surface area contributed by atoms with Crippen molar-refractivity contribution in [3.63, 3.8) is 0 Å². The van der Waals surface area contributed by atoms with Crippen molar-refractivity contribution in [1.29, 1.82) is 0 Å². The molecule has 0 radical (unpaired) electrons. The molecule has 0 aromatic carbocycles. The van der Waals surface area contributed by atoms with Crippen LogP contribution in [0.2, 0.25) is 0 Å². The van der Waals surface area contributed by atoms with Gasteiger partial charge >= 0.3 is 0 Å². The summed E-state index contributed by atoms with van der Waals surface area (Å²) in [5.41, 5.74) is 6.61. The number of nitrogens with two attached hydrogens (primary N) is 1. The van der Waals surface area contributed by atoms with Crippen LogP contribution in [-0.4, -0.2) is 28.8 Å². The van der Waals surface area contributed by atoms with Gasteiger partial charge in [0.25, 0.3) is 0 Å². The minimum absolute atomic E-state index is 0.0483. The first-order chi connectivity index (χ1) is 7.69. The summed E-state index contributed by atoms with van der Waals surface area (Å²) in [6, 6.07) is 1.95. The van der Waals surface area contributed by atoms with E-state index < -0.39 is 0 Å². The average Bonchev–Trinajstić information content (AvgIpc) is 2.66. The molecule has 1 heterocycles. The minimum atomic E-state index is -0.0634. The maximum atomic E-state index is 11.6. The number of amides is 1. The van der Waals surface area contributed by atoms with Crippen LogP contribution in [0, 0.1) is 5.92 Å². The Balaban J connectivity index is 2.30. The topological polar surface area (TPSA) is 72.9 Å². The average molecular weight is 224 g/mol. The van der Waals surface area contributed by atoms with Gasteiger partial charge in [0, 0.05) is 44.4 Å². The second-order valence-electron chi connectivity index (χ2n) is 3.83. The van der Waals surface area contributed by atoms with Crippen LogP contribution in [0.1, 0.15) is 19.0 Å². The molecule has 0 aliphatic rings. The van der Waals surface area contributed by atoms with Crippen molar-refractivity contribution in [2.75, 3.05) is 13.1 Å². The van der Waals surface area contributed by atoms with Crippen LogP contribution in [-0.2, 0) is 18.3 Å². The SMILES string of the molecule is CCC(CN)C(=O)NCCc1ccnn1C. The molecule has 1 aromatic heterocycles. The van der Waals surface area contributed by atoms with Gasteiger partial charge in [0.2, 0.25) is 5.91 Å². The zero-order valence-electron chi connectivity index (χ0n) is 9.94. The Morgan fingerprint density at radius 2 is 2.44 bits per heavy atom. The van der Waals surface area contributed by atoms with E-state index in [0.29, 0.717) is 13.1 Å². The first-order valence-electron chi connectivity index (χ1n) is 5.63. The van der Waals surface area contributed by atoms with Crippen LogP contribution in [0.15, 0.2) is 12.3 Å². The minimum Gasteiger partial charge on any atom is -0.355 e. The third-order valence-electron chi connectivity index (χ3n) is 2.75. The first-order valence-corrected chi connectivity index (χ1v) is 5.63. The van der Waals surface area contributed by atoms with Crippen molar-refractivity contribution in [2.24, 2.45) is 18.7 Å². The number of rotatable bonds is 6. The molecule has 5 nitrogen and oxygen atoms in total. The van der Waals surface area contributed by atoms with Crippen molar-refractivity contribution in [3.05, 3.63) is 18.0 Å². The van der Waals surface area contributed by atoms with E-state index in [1.165, 1.54) is 0 Å². The second kappa shape index (κ2) is 6.27. The Labute approximate surface area is 96.0 Å². The van der Waals surface area contributed by atoms with Gasteiger partial charge in [0.05, 0.1) is 0 Å². The van der Waals surface area contributed by atoms with Crippen molar-refractivity contribution in [1.82, 2.24) is 15.1 Å². The molecule has 3 N–H and O–H groups in total. The lowest BCUT2D eigenvalue weighted by Crippen LogP contribution is -2.35. The lowest BCUT2D eigenvalue weighted by atomic mass is 10.1. The Kier molecular flexibility index (Phi) is 4.98. The summed E-state index contributed by atoms with van der Waals surface area (Å²) in [5, 5.41) is 6.96.